The molecular weight excluding hydrogens is 423 g/mol. The van der Waals surface area contributed by atoms with Gasteiger partial charge in [-0.2, -0.15) is 0 Å². The highest BCUT2D eigenvalue weighted by Crippen LogP contribution is 2.26. The molecule has 0 saturated carbocycles. The first-order valence-corrected chi connectivity index (χ1v) is 11.5. The molecule has 0 amide bonds. The normalized spacial score (nSPS) is 11.6. The molecule has 1 rings (SSSR count). The van der Waals surface area contributed by atoms with Gasteiger partial charge in [-0.05, 0) is 12.5 Å². The van der Waals surface area contributed by atoms with Crippen molar-refractivity contribution in [2.45, 2.75) is 87.8 Å². The van der Waals surface area contributed by atoms with Crippen molar-refractivity contribution in [3.05, 3.63) is 17.9 Å². The monoisotopic (exact) mass is 454 g/mol. The van der Waals surface area contributed by atoms with Gasteiger partial charge in [0.15, 0.2) is 0 Å². The highest BCUT2D eigenvalue weighted by atomic mass is 35.6. The Morgan fingerprint density at radius 3 is 1.96 bits per heavy atom. The van der Waals surface area contributed by atoms with Gasteiger partial charge in [-0.3, -0.25) is 0 Å². The molecule has 0 saturated heterocycles. The largest absolute Gasteiger partial charge is 0.465 e. The van der Waals surface area contributed by atoms with E-state index >= 15 is 0 Å². The zero-order valence-electron chi connectivity index (χ0n) is 16.8. The number of halogens is 3. The lowest BCUT2D eigenvalue weighted by molar-refractivity contribution is 0.0467. The maximum absolute atomic E-state index is 11.7. The Kier molecular flexibility index (Phi) is 13.9. The Morgan fingerprint density at radius 1 is 0.893 bits per heavy atom. The van der Waals surface area contributed by atoms with E-state index in [4.69, 9.17) is 48.7 Å². The highest BCUT2D eigenvalue weighted by molar-refractivity contribution is 6.67. The Morgan fingerprint density at radius 2 is 1.43 bits per heavy atom. The number of alkyl halides is 3. The number of rotatable bonds is 16. The molecular formula is C21H33Cl3O4. The Hall–Kier alpha value is -0.580. The van der Waals surface area contributed by atoms with Crippen molar-refractivity contribution in [3.63, 3.8) is 0 Å². The van der Waals surface area contributed by atoms with Gasteiger partial charge in [-0.25, -0.2) is 4.79 Å². The van der Waals surface area contributed by atoms with Crippen LogP contribution in [-0.4, -0.2) is 23.0 Å². The summed E-state index contributed by atoms with van der Waals surface area (Å²) in [6.45, 7) is 2.48. The van der Waals surface area contributed by atoms with Crippen LogP contribution in [-0.2, 0) is 4.74 Å². The third kappa shape index (κ3) is 13.6. The SMILES string of the molecule is CCCCCCCCCCCCCCOc1ccc(C(=O)OCC(Cl)(Cl)Cl)o1. The van der Waals surface area contributed by atoms with Gasteiger partial charge >= 0.3 is 5.97 Å². The summed E-state index contributed by atoms with van der Waals surface area (Å²) < 4.78 is 14.0. The van der Waals surface area contributed by atoms with Crippen molar-refractivity contribution in [2.24, 2.45) is 0 Å². The summed E-state index contributed by atoms with van der Waals surface area (Å²) in [4.78, 5) is 11.7. The van der Waals surface area contributed by atoms with Crippen LogP contribution in [0.25, 0.3) is 0 Å². The average molecular weight is 456 g/mol. The second kappa shape index (κ2) is 15.3. The Bertz CT molecular complexity index is 526. The maximum atomic E-state index is 11.7. The molecule has 28 heavy (non-hydrogen) atoms. The second-order valence-electron chi connectivity index (χ2n) is 7.05. The molecule has 0 aliphatic heterocycles. The minimum Gasteiger partial charge on any atom is -0.465 e. The lowest BCUT2D eigenvalue weighted by atomic mass is 10.1. The predicted octanol–water partition coefficient (Wildman–Crippen LogP) is 7.89. The van der Waals surface area contributed by atoms with Gasteiger partial charge in [-0.1, -0.05) is 112 Å². The number of furan rings is 1. The van der Waals surface area contributed by atoms with Crippen LogP contribution < -0.4 is 4.74 Å². The third-order valence-electron chi connectivity index (χ3n) is 4.39. The zero-order valence-corrected chi connectivity index (χ0v) is 19.1. The van der Waals surface area contributed by atoms with Crippen LogP contribution in [0.15, 0.2) is 16.5 Å². The van der Waals surface area contributed by atoms with E-state index in [-0.39, 0.29) is 12.4 Å². The summed E-state index contributed by atoms with van der Waals surface area (Å²) in [5.74, 6) is -0.366. The van der Waals surface area contributed by atoms with Crippen molar-refractivity contribution in [2.75, 3.05) is 13.2 Å². The molecule has 0 N–H and O–H groups in total. The number of hydrogen-bond donors (Lipinski definition) is 0. The summed E-state index contributed by atoms with van der Waals surface area (Å²) in [5, 5.41) is 0. The first kappa shape index (κ1) is 25.5. The first-order chi connectivity index (χ1) is 13.4. The van der Waals surface area contributed by atoms with Gasteiger partial charge in [0.25, 0.3) is 5.95 Å². The molecule has 0 aliphatic rings. The fraction of sp³-hybridized carbons (Fsp3) is 0.762. The van der Waals surface area contributed by atoms with Crippen molar-refractivity contribution in [1.82, 2.24) is 0 Å². The maximum Gasteiger partial charge on any atom is 0.374 e. The van der Waals surface area contributed by atoms with E-state index in [0.29, 0.717) is 12.6 Å². The second-order valence-corrected chi connectivity index (χ2v) is 9.56. The van der Waals surface area contributed by atoms with Gasteiger partial charge in [0.1, 0.15) is 6.61 Å². The fourth-order valence-electron chi connectivity index (χ4n) is 2.84. The zero-order chi connectivity index (χ0) is 20.7. The minimum atomic E-state index is -1.64. The van der Waals surface area contributed by atoms with Crippen molar-refractivity contribution in [3.8, 4) is 5.95 Å². The lowest BCUT2D eigenvalue weighted by Crippen LogP contribution is -2.16. The number of carbonyl (C=O) groups excluding carboxylic acids is 1. The van der Waals surface area contributed by atoms with E-state index in [9.17, 15) is 4.79 Å². The fourth-order valence-corrected chi connectivity index (χ4v) is 3.01. The highest BCUT2D eigenvalue weighted by Gasteiger charge is 2.24. The van der Waals surface area contributed by atoms with Crippen LogP contribution in [0.2, 0.25) is 0 Å². The van der Waals surface area contributed by atoms with E-state index in [1.54, 1.807) is 6.07 Å². The van der Waals surface area contributed by atoms with E-state index in [0.717, 1.165) is 12.8 Å². The number of hydrogen-bond acceptors (Lipinski definition) is 4. The summed E-state index contributed by atoms with van der Waals surface area (Å²) >= 11 is 16.6. The van der Waals surface area contributed by atoms with Crippen molar-refractivity contribution in [1.29, 1.82) is 0 Å². The molecule has 1 heterocycles. The predicted molar refractivity (Wildman–Crippen MR) is 116 cm³/mol. The summed E-state index contributed by atoms with van der Waals surface area (Å²) in [6, 6.07) is 3.07. The molecule has 1 aromatic rings. The molecule has 0 fully saturated rings. The van der Waals surface area contributed by atoms with Gasteiger partial charge in [0.2, 0.25) is 9.55 Å². The molecule has 0 atom stereocenters. The van der Waals surface area contributed by atoms with Crippen LogP contribution >= 0.6 is 34.8 Å². The van der Waals surface area contributed by atoms with Crippen LogP contribution in [0.5, 0.6) is 5.95 Å². The van der Waals surface area contributed by atoms with E-state index in [1.165, 1.54) is 70.3 Å². The summed E-state index contributed by atoms with van der Waals surface area (Å²) in [7, 11) is 0. The lowest BCUT2D eigenvalue weighted by Gasteiger charge is -2.09. The molecule has 0 aliphatic carbocycles. The Balaban J connectivity index is 1.98. The molecule has 0 aromatic carbocycles. The third-order valence-corrected chi connectivity index (χ3v) is 4.72. The standard InChI is InChI=1S/C21H33Cl3O4/c1-2-3-4-5-6-7-8-9-10-11-12-13-16-26-19-15-14-18(28-19)20(25)27-17-21(22,23)24/h14-15H,2-13,16-17H2,1H3. The van der Waals surface area contributed by atoms with Gasteiger partial charge in [0.05, 0.1) is 6.61 Å². The molecule has 4 nitrogen and oxygen atoms in total. The first-order valence-electron chi connectivity index (χ1n) is 10.4. The van der Waals surface area contributed by atoms with Crippen LogP contribution in [0.4, 0.5) is 0 Å². The molecule has 0 bridgehead atoms. The minimum absolute atomic E-state index is 0.0268. The van der Waals surface area contributed by atoms with Gasteiger partial charge in [0, 0.05) is 6.07 Å². The van der Waals surface area contributed by atoms with E-state index < -0.39 is 9.76 Å². The molecule has 1 aromatic heterocycles. The Labute approximate surface area is 184 Å². The average Bonchev–Trinajstić information content (AvgIpc) is 3.12. The molecule has 162 valence electrons. The van der Waals surface area contributed by atoms with E-state index in [2.05, 4.69) is 6.92 Å². The summed E-state index contributed by atoms with van der Waals surface area (Å²) in [6.07, 6.45) is 15.5. The van der Waals surface area contributed by atoms with Gasteiger partial charge < -0.3 is 13.9 Å². The van der Waals surface area contributed by atoms with Crippen LogP contribution in [0.3, 0.4) is 0 Å². The van der Waals surface area contributed by atoms with Gasteiger partial charge in [-0.15, -0.1) is 0 Å². The smallest absolute Gasteiger partial charge is 0.374 e. The number of carbonyl (C=O) groups is 1. The topological polar surface area (TPSA) is 48.7 Å². The quantitative estimate of drug-likeness (QED) is 0.144. The molecule has 7 heteroatoms. The number of unbranched alkanes of at least 4 members (excludes halogenated alkanes) is 11. The van der Waals surface area contributed by atoms with E-state index in [1.807, 2.05) is 0 Å². The number of esters is 1. The summed E-state index contributed by atoms with van der Waals surface area (Å²) in [5.41, 5.74) is 0. The number of ether oxygens (including phenoxy) is 2. The van der Waals surface area contributed by atoms with Crippen molar-refractivity contribution >= 4 is 40.8 Å². The molecule has 0 spiro atoms. The molecule has 0 unspecified atom stereocenters. The van der Waals surface area contributed by atoms with Crippen molar-refractivity contribution < 1.29 is 18.7 Å². The molecule has 0 radical (unpaired) electrons. The van der Waals surface area contributed by atoms with Crippen LogP contribution in [0, 0.1) is 0 Å². The van der Waals surface area contributed by atoms with Crippen LogP contribution in [0.1, 0.15) is 94.5 Å².